The van der Waals surface area contributed by atoms with Crippen LogP contribution in [-0.2, 0) is 22.5 Å². The van der Waals surface area contributed by atoms with Crippen molar-refractivity contribution in [2.45, 2.75) is 76.3 Å². The molecule has 3 aromatic rings. The lowest BCUT2D eigenvalue weighted by molar-refractivity contribution is -0.156. The van der Waals surface area contributed by atoms with Crippen molar-refractivity contribution in [3.05, 3.63) is 119 Å². The zero-order valence-electron chi connectivity index (χ0n) is 26.1. The number of fused-ring (bicyclic) bond motifs is 2. The number of ether oxygens (including phenoxy) is 4. The monoisotopic (exact) mass is 606 g/mol. The Balaban J connectivity index is 1.01. The maximum atomic E-state index is 14.1. The molecule has 5 aliphatic rings. The average Bonchev–Trinajstić information content (AvgIpc) is 3.77. The normalized spacial score (nSPS) is 31.4. The summed E-state index contributed by atoms with van der Waals surface area (Å²) in [6, 6.07) is 25.8. The smallest absolute Gasteiger partial charge is 0.169 e. The number of allylic oxidation sites excluding steroid dienone is 4. The van der Waals surface area contributed by atoms with E-state index in [0.29, 0.717) is 30.8 Å². The molecule has 0 radical (unpaired) electrons. The first-order chi connectivity index (χ1) is 22.0. The summed E-state index contributed by atoms with van der Waals surface area (Å²) >= 11 is 0. The molecule has 45 heavy (non-hydrogen) atoms. The summed E-state index contributed by atoms with van der Waals surface area (Å²) in [5.74, 6) is 3.20. The van der Waals surface area contributed by atoms with Crippen LogP contribution < -0.4 is 9.47 Å². The second-order valence-electron chi connectivity index (χ2n) is 14.2. The Morgan fingerprint density at radius 3 is 2.33 bits per heavy atom. The number of rotatable bonds is 7. The van der Waals surface area contributed by atoms with Gasteiger partial charge in [-0.15, -0.1) is 0 Å². The van der Waals surface area contributed by atoms with Crippen molar-refractivity contribution in [2.75, 3.05) is 13.2 Å². The van der Waals surface area contributed by atoms with Crippen LogP contribution in [0.1, 0.15) is 73.6 Å². The molecule has 4 nitrogen and oxygen atoms in total. The van der Waals surface area contributed by atoms with Crippen molar-refractivity contribution >= 4 is 0 Å². The van der Waals surface area contributed by atoms with Gasteiger partial charge in [0.1, 0.15) is 23.9 Å². The van der Waals surface area contributed by atoms with E-state index in [1.54, 1.807) is 12.2 Å². The minimum Gasteiger partial charge on any atom is -0.490 e. The molecule has 2 saturated carbocycles. The van der Waals surface area contributed by atoms with Crippen molar-refractivity contribution in [1.82, 2.24) is 0 Å². The Labute approximate surface area is 266 Å². The Bertz CT molecular complexity index is 1560. The Kier molecular flexibility index (Phi) is 7.58. The molecule has 0 amide bonds. The third-order valence-electron chi connectivity index (χ3n) is 11.3. The zero-order chi connectivity index (χ0) is 30.4. The van der Waals surface area contributed by atoms with Crippen molar-refractivity contribution in [3.8, 4) is 11.5 Å². The van der Waals surface area contributed by atoms with Crippen molar-refractivity contribution in [3.63, 3.8) is 0 Å². The Hall–Kier alpha value is -3.41. The highest BCUT2D eigenvalue weighted by Crippen LogP contribution is 2.54. The van der Waals surface area contributed by atoms with Gasteiger partial charge in [0, 0.05) is 18.8 Å². The van der Waals surface area contributed by atoms with Crippen LogP contribution in [0.4, 0.5) is 4.39 Å². The standard InChI is InChI=1S/C40H43FO4/c1-39(17-15-32(41)16-18-39)37-14-9-29-21-34(42-26-27-5-3-2-4-6-27)12-13-36(29)38(37)28-7-10-33(11-8-28)45-35-22-30-24-40(25-31(30)23-35)43-19-20-44-40/h2-8,10-13,15-17,21,30-31,35,37-38H,9,14,18-20,22-26H2,1H3/t30?,31?,35?,37-,38+,39?/m0/s1. The van der Waals surface area contributed by atoms with Gasteiger partial charge in [0.15, 0.2) is 5.79 Å². The summed E-state index contributed by atoms with van der Waals surface area (Å²) in [6.45, 7) is 4.31. The van der Waals surface area contributed by atoms with E-state index < -0.39 is 0 Å². The summed E-state index contributed by atoms with van der Waals surface area (Å²) in [5, 5.41) is 0. The quantitative estimate of drug-likeness (QED) is 0.269. The van der Waals surface area contributed by atoms with Gasteiger partial charge in [-0.2, -0.15) is 0 Å². The minimum absolute atomic E-state index is 0.124. The topological polar surface area (TPSA) is 36.9 Å². The third-order valence-corrected chi connectivity index (χ3v) is 11.3. The molecule has 0 N–H and O–H groups in total. The van der Waals surface area contributed by atoms with Gasteiger partial charge in [-0.3, -0.25) is 0 Å². The van der Waals surface area contributed by atoms with Gasteiger partial charge in [0.05, 0.1) is 19.3 Å². The molecule has 5 atom stereocenters. The zero-order valence-corrected chi connectivity index (χ0v) is 26.1. The lowest BCUT2D eigenvalue weighted by Crippen LogP contribution is -2.35. The summed E-state index contributed by atoms with van der Waals surface area (Å²) in [4.78, 5) is 0. The molecule has 8 rings (SSSR count). The van der Waals surface area contributed by atoms with Gasteiger partial charge in [-0.1, -0.05) is 61.5 Å². The lowest BCUT2D eigenvalue weighted by atomic mass is 9.59. The van der Waals surface area contributed by atoms with Crippen molar-refractivity contribution in [1.29, 1.82) is 0 Å². The number of benzene rings is 3. The van der Waals surface area contributed by atoms with Crippen molar-refractivity contribution in [2.24, 2.45) is 23.2 Å². The van der Waals surface area contributed by atoms with E-state index >= 15 is 0 Å². The van der Waals surface area contributed by atoms with E-state index in [0.717, 1.165) is 68.8 Å². The van der Waals surface area contributed by atoms with Crippen LogP contribution >= 0.6 is 0 Å². The molecule has 0 bridgehead atoms. The molecule has 3 unspecified atom stereocenters. The van der Waals surface area contributed by atoms with Crippen molar-refractivity contribution < 1.29 is 23.3 Å². The predicted molar refractivity (Wildman–Crippen MR) is 173 cm³/mol. The third kappa shape index (κ3) is 5.74. The van der Waals surface area contributed by atoms with E-state index in [-0.39, 0.29) is 29.1 Å². The highest BCUT2D eigenvalue weighted by atomic mass is 19.1. The van der Waals surface area contributed by atoms with Gasteiger partial charge >= 0.3 is 0 Å². The molecule has 1 saturated heterocycles. The van der Waals surface area contributed by atoms with Gasteiger partial charge in [0.2, 0.25) is 0 Å². The predicted octanol–water partition coefficient (Wildman–Crippen LogP) is 9.09. The second-order valence-corrected chi connectivity index (χ2v) is 14.2. The minimum atomic E-state index is -0.310. The SMILES string of the molecule is CC1([C@H]2CCc3cc(OCc4ccccc4)ccc3[C@H]2c2ccc(OC3CC4CC5(CC4C3)OCCO5)cc2)C=CC(F)=CC1. The summed E-state index contributed by atoms with van der Waals surface area (Å²) in [6.07, 6.45) is 12.7. The largest absolute Gasteiger partial charge is 0.490 e. The van der Waals surface area contributed by atoms with Crippen LogP contribution in [0, 0.1) is 23.2 Å². The van der Waals surface area contributed by atoms with Gasteiger partial charge < -0.3 is 18.9 Å². The maximum Gasteiger partial charge on any atom is 0.169 e. The molecule has 1 spiro atoms. The molecule has 3 aromatic carbocycles. The average molecular weight is 607 g/mol. The molecule has 4 aliphatic carbocycles. The molecule has 5 heteroatoms. The van der Waals surface area contributed by atoms with E-state index in [1.807, 2.05) is 18.2 Å². The van der Waals surface area contributed by atoms with Crippen LogP contribution in [0.2, 0.25) is 0 Å². The van der Waals surface area contributed by atoms with E-state index in [1.165, 1.54) is 16.7 Å². The second kappa shape index (κ2) is 11.7. The number of halogens is 1. The summed E-state index contributed by atoms with van der Waals surface area (Å²) in [5.41, 5.74) is 5.02. The van der Waals surface area contributed by atoms with Crippen LogP contribution in [0.15, 0.2) is 96.9 Å². The fraction of sp³-hybridized carbons (Fsp3) is 0.450. The molecule has 3 fully saturated rings. The summed E-state index contributed by atoms with van der Waals surface area (Å²) in [7, 11) is 0. The van der Waals surface area contributed by atoms with Gasteiger partial charge in [0.25, 0.3) is 0 Å². The van der Waals surface area contributed by atoms with Crippen LogP contribution in [0.25, 0.3) is 0 Å². The number of hydrogen-bond donors (Lipinski definition) is 0. The van der Waals surface area contributed by atoms with Gasteiger partial charge in [-0.25, -0.2) is 4.39 Å². The number of hydrogen-bond acceptors (Lipinski definition) is 4. The van der Waals surface area contributed by atoms with Crippen LogP contribution in [0.3, 0.4) is 0 Å². The Morgan fingerprint density at radius 1 is 0.889 bits per heavy atom. The van der Waals surface area contributed by atoms with Gasteiger partial charge in [-0.05, 0) is 114 Å². The summed E-state index contributed by atoms with van der Waals surface area (Å²) < 4.78 is 38.9. The fourth-order valence-corrected chi connectivity index (χ4v) is 9.06. The van der Waals surface area contributed by atoms with Crippen LogP contribution in [0.5, 0.6) is 11.5 Å². The fourth-order valence-electron chi connectivity index (χ4n) is 9.06. The first kappa shape index (κ1) is 29.0. The highest BCUT2D eigenvalue weighted by Gasteiger charge is 2.53. The van der Waals surface area contributed by atoms with E-state index in [9.17, 15) is 4.39 Å². The maximum absolute atomic E-state index is 14.1. The first-order valence-corrected chi connectivity index (χ1v) is 16.8. The lowest BCUT2D eigenvalue weighted by Gasteiger charge is -2.45. The van der Waals surface area contributed by atoms with E-state index in [4.69, 9.17) is 18.9 Å². The molecule has 0 aromatic heterocycles. The molecular weight excluding hydrogens is 563 g/mol. The molecular formula is C40H43FO4. The molecule has 234 valence electrons. The van der Waals surface area contributed by atoms with E-state index in [2.05, 4.69) is 67.6 Å². The Morgan fingerprint density at radius 2 is 1.62 bits per heavy atom. The molecule has 1 heterocycles. The first-order valence-electron chi connectivity index (χ1n) is 16.8. The molecule has 1 aliphatic heterocycles. The van der Waals surface area contributed by atoms with Crippen LogP contribution in [-0.4, -0.2) is 25.1 Å². The highest BCUT2D eigenvalue weighted by molar-refractivity contribution is 5.47. The number of aryl methyl sites for hydroxylation is 1.